The lowest BCUT2D eigenvalue weighted by atomic mass is 9.93. The van der Waals surface area contributed by atoms with Gasteiger partial charge in [0.1, 0.15) is 0 Å². The van der Waals surface area contributed by atoms with Gasteiger partial charge < -0.3 is 5.11 Å². The molecule has 0 amide bonds. The fraction of sp³-hybridized carbons (Fsp3) is 0.308. The van der Waals surface area contributed by atoms with Gasteiger partial charge in [0.05, 0.1) is 5.92 Å². The summed E-state index contributed by atoms with van der Waals surface area (Å²) in [7, 11) is 0. The quantitative estimate of drug-likeness (QED) is 0.791. The number of benzene rings is 1. The molecule has 3 heteroatoms. The summed E-state index contributed by atoms with van der Waals surface area (Å²) in [6, 6.07) is 6.96. The van der Waals surface area contributed by atoms with Crippen molar-refractivity contribution >= 4 is 17.6 Å². The highest BCUT2D eigenvalue weighted by molar-refractivity contribution is 6.30. The summed E-state index contributed by atoms with van der Waals surface area (Å²) < 4.78 is 0. The zero-order chi connectivity index (χ0) is 12.1. The van der Waals surface area contributed by atoms with Crippen molar-refractivity contribution in [3.63, 3.8) is 0 Å². The standard InChI is InChI=1S/C13H15ClO2/c1-9(2)3-8-12(13(15)16)10-4-6-11(14)7-5-10/h4-7,12H,1,3,8H2,2H3,(H,15,16). The Morgan fingerprint density at radius 3 is 2.44 bits per heavy atom. The fourth-order valence-corrected chi connectivity index (χ4v) is 1.64. The molecule has 1 atom stereocenters. The van der Waals surface area contributed by atoms with E-state index in [1.54, 1.807) is 24.3 Å². The highest BCUT2D eigenvalue weighted by Crippen LogP contribution is 2.24. The maximum absolute atomic E-state index is 11.1. The largest absolute Gasteiger partial charge is 0.481 e. The predicted molar refractivity (Wildman–Crippen MR) is 65.9 cm³/mol. The Hall–Kier alpha value is -1.28. The van der Waals surface area contributed by atoms with E-state index in [0.29, 0.717) is 11.4 Å². The first-order valence-corrected chi connectivity index (χ1v) is 5.51. The normalized spacial score (nSPS) is 12.1. The van der Waals surface area contributed by atoms with Crippen LogP contribution >= 0.6 is 11.6 Å². The van der Waals surface area contributed by atoms with Crippen LogP contribution in [0.2, 0.25) is 5.02 Å². The maximum Gasteiger partial charge on any atom is 0.310 e. The van der Waals surface area contributed by atoms with Crippen LogP contribution in [0.25, 0.3) is 0 Å². The van der Waals surface area contributed by atoms with Crippen LogP contribution < -0.4 is 0 Å². The predicted octanol–water partition coefficient (Wildman–Crippen LogP) is 3.86. The molecule has 0 aliphatic rings. The van der Waals surface area contributed by atoms with Crippen molar-refractivity contribution in [2.75, 3.05) is 0 Å². The van der Waals surface area contributed by atoms with Gasteiger partial charge in [-0.15, -0.1) is 6.58 Å². The first kappa shape index (κ1) is 12.8. The van der Waals surface area contributed by atoms with Gasteiger partial charge in [0.15, 0.2) is 0 Å². The van der Waals surface area contributed by atoms with E-state index in [-0.39, 0.29) is 0 Å². The summed E-state index contributed by atoms with van der Waals surface area (Å²) in [5.41, 5.74) is 1.79. The molecule has 0 aromatic heterocycles. The number of carboxylic acid groups (broad SMARTS) is 1. The van der Waals surface area contributed by atoms with E-state index in [1.807, 2.05) is 6.92 Å². The van der Waals surface area contributed by atoms with Gasteiger partial charge in [0.25, 0.3) is 0 Å². The van der Waals surface area contributed by atoms with E-state index < -0.39 is 11.9 Å². The number of carbonyl (C=O) groups is 1. The van der Waals surface area contributed by atoms with Crippen LogP contribution in [0.5, 0.6) is 0 Å². The zero-order valence-electron chi connectivity index (χ0n) is 9.24. The summed E-state index contributed by atoms with van der Waals surface area (Å²) >= 11 is 5.76. The fourth-order valence-electron chi connectivity index (χ4n) is 1.52. The summed E-state index contributed by atoms with van der Waals surface area (Å²) in [4.78, 5) is 11.1. The number of rotatable bonds is 5. The van der Waals surface area contributed by atoms with E-state index in [9.17, 15) is 4.79 Å². The highest BCUT2D eigenvalue weighted by Gasteiger charge is 2.19. The van der Waals surface area contributed by atoms with Crippen LogP contribution in [-0.4, -0.2) is 11.1 Å². The van der Waals surface area contributed by atoms with Crippen LogP contribution in [0.3, 0.4) is 0 Å². The van der Waals surface area contributed by atoms with E-state index in [4.69, 9.17) is 16.7 Å². The van der Waals surface area contributed by atoms with E-state index in [2.05, 4.69) is 6.58 Å². The topological polar surface area (TPSA) is 37.3 Å². The average Bonchev–Trinajstić information content (AvgIpc) is 2.20. The molecule has 16 heavy (non-hydrogen) atoms. The first-order valence-electron chi connectivity index (χ1n) is 5.13. The molecule has 1 aromatic carbocycles. The van der Waals surface area contributed by atoms with Crippen molar-refractivity contribution in [1.29, 1.82) is 0 Å². The van der Waals surface area contributed by atoms with Gasteiger partial charge in [-0.3, -0.25) is 4.79 Å². The van der Waals surface area contributed by atoms with E-state index >= 15 is 0 Å². The van der Waals surface area contributed by atoms with Gasteiger partial charge >= 0.3 is 5.97 Å². The van der Waals surface area contributed by atoms with Gasteiger partial charge in [-0.25, -0.2) is 0 Å². The van der Waals surface area contributed by atoms with Crippen molar-refractivity contribution in [2.24, 2.45) is 0 Å². The summed E-state index contributed by atoms with van der Waals surface area (Å²) in [6.07, 6.45) is 1.30. The van der Waals surface area contributed by atoms with Crippen LogP contribution in [-0.2, 0) is 4.79 Å². The molecule has 0 aliphatic carbocycles. The highest BCUT2D eigenvalue weighted by atomic mass is 35.5. The molecular weight excluding hydrogens is 224 g/mol. The number of aliphatic carboxylic acids is 1. The molecule has 0 aliphatic heterocycles. The monoisotopic (exact) mass is 238 g/mol. The number of hydrogen-bond acceptors (Lipinski definition) is 1. The number of carboxylic acids is 1. The molecule has 0 bridgehead atoms. The lowest BCUT2D eigenvalue weighted by Gasteiger charge is -2.12. The van der Waals surface area contributed by atoms with Gasteiger partial charge in [0.2, 0.25) is 0 Å². The maximum atomic E-state index is 11.1. The third kappa shape index (κ3) is 3.70. The number of hydrogen-bond donors (Lipinski definition) is 1. The van der Waals surface area contributed by atoms with Crippen molar-refractivity contribution in [3.8, 4) is 0 Å². The molecule has 0 saturated heterocycles. The average molecular weight is 239 g/mol. The van der Waals surface area contributed by atoms with Crippen molar-refractivity contribution in [3.05, 3.63) is 47.0 Å². The summed E-state index contributed by atoms with van der Waals surface area (Å²) in [6.45, 7) is 5.68. The Balaban J connectivity index is 2.81. The van der Waals surface area contributed by atoms with E-state index in [0.717, 1.165) is 17.6 Å². The van der Waals surface area contributed by atoms with Crippen molar-refractivity contribution in [1.82, 2.24) is 0 Å². The molecule has 0 spiro atoms. The molecule has 1 aromatic rings. The Kier molecular flexibility index (Phi) is 4.56. The minimum atomic E-state index is -0.802. The molecule has 2 nitrogen and oxygen atoms in total. The van der Waals surface area contributed by atoms with Crippen LogP contribution in [0.4, 0.5) is 0 Å². The lowest BCUT2D eigenvalue weighted by molar-refractivity contribution is -0.138. The third-order valence-corrected chi connectivity index (χ3v) is 2.68. The number of halogens is 1. The van der Waals surface area contributed by atoms with Crippen LogP contribution in [0.1, 0.15) is 31.2 Å². The molecule has 1 rings (SSSR count). The van der Waals surface area contributed by atoms with Gasteiger partial charge in [0, 0.05) is 5.02 Å². The summed E-state index contributed by atoms with van der Waals surface area (Å²) in [5, 5.41) is 9.76. The minimum Gasteiger partial charge on any atom is -0.481 e. The van der Waals surface area contributed by atoms with Gasteiger partial charge in [-0.05, 0) is 37.5 Å². The molecule has 86 valence electrons. The zero-order valence-corrected chi connectivity index (χ0v) is 10.00. The molecule has 1 unspecified atom stereocenters. The van der Waals surface area contributed by atoms with E-state index in [1.165, 1.54) is 0 Å². The second kappa shape index (κ2) is 5.71. The summed E-state index contributed by atoms with van der Waals surface area (Å²) in [5.74, 6) is -1.28. The van der Waals surface area contributed by atoms with Crippen molar-refractivity contribution in [2.45, 2.75) is 25.7 Å². The Morgan fingerprint density at radius 2 is 2.00 bits per heavy atom. The van der Waals surface area contributed by atoms with Crippen LogP contribution in [0, 0.1) is 0 Å². The Morgan fingerprint density at radius 1 is 1.44 bits per heavy atom. The van der Waals surface area contributed by atoms with Crippen molar-refractivity contribution < 1.29 is 9.90 Å². The Bertz CT molecular complexity index is 381. The molecule has 0 saturated carbocycles. The molecule has 1 N–H and O–H groups in total. The molecule has 0 radical (unpaired) electrons. The molecular formula is C13H15ClO2. The second-order valence-electron chi connectivity index (χ2n) is 3.94. The third-order valence-electron chi connectivity index (χ3n) is 2.43. The van der Waals surface area contributed by atoms with Crippen LogP contribution in [0.15, 0.2) is 36.4 Å². The van der Waals surface area contributed by atoms with Gasteiger partial charge in [-0.1, -0.05) is 29.3 Å². The smallest absolute Gasteiger partial charge is 0.310 e. The SMILES string of the molecule is C=C(C)CCC(C(=O)O)c1ccc(Cl)cc1. The molecule has 0 heterocycles. The minimum absolute atomic E-state index is 0.478. The molecule has 0 fully saturated rings. The van der Waals surface area contributed by atoms with Gasteiger partial charge in [-0.2, -0.15) is 0 Å². The second-order valence-corrected chi connectivity index (χ2v) is 4.37. The Labute approximate surface area is 101 Å². The first-order chi connectivity index (χ1) is 7.50. The lowest BCUT2D eigenvalue weighted by Crippen LogP contribution is -2.11. The number of allylic oxidation sites excluding steroid dienone is 1.